The van der Waals surface area contributed by atoms with Crippen LogP contribution >= 0.6 is 0 Å². The lowest BCUT2D eigenvalue weighted by atomic mass is 10.0. The lowest BCUT2D eigenvalue weighted by molar-refractivity contribution is -0.167. The SMILES string of the molecule is CC/C=C\C/C=C\C/C=C\C/C=C\CCCCCCCCCCCCCCCCCCCCC(=O)OCC(COC(=O)CCCCCCCCCCCCCCCC)OC(=O)CCCCCCCCCCCCCCCCC. The molecular formula is C72H132O6. The molecule has 0 fully saturated rings. The quantitative estimate of drug-likeness (QED) is 0.0261. The summed E-state index contributed by atoms with van der Waals surface area (Å²) >= 11 is 0. The van der Waals surface area contributed by atoms with Crippen molar-refractivity contribution in [2.24, 2.45) is 0 Å². The highest BCUT2D eigenvalue weighted by Gasteiger charge is 2.19. The maximum absolute atomic E-state index is 12.9. The zero-order valence-corrected chi connectivity index (χ0v) is 52.5. The van der Waals surface area contributed by atoms with Crippen LogP contribution in [0.2, 0.25) is 0 Å². The molecule has 0 spiro atoms. The van der Waals surface area contributed by atoms with Gasteiger partial charge in [0, 0.05) is 19.3 Å². The molecule has 0 aromatic rings. The molecule has 0 saturated heterocycles. The van der Waals surface area contributed by atoms with Gasteiger partial charge in [0.25, 0.3) is 0 Å². The molecule has 0 aliphatic heterocycles. The third-order valence-corrected chi connectivity index (χ3v) is 15.6. The van der Waals surface area contributed by atoms with E-state index in [0.717, 1.165) is 83.5 Å². The van der Waals surface area contributed by atoms with E-state index in [9.17, 15) is 14.4 Å². The summed E-state index contributed by atoms with van der Waals surface area (Å²) in [5.41, 5.74) is 0. The first kappa shape index (κ1) is 75.4. The van der Waals surface area contributed by atoms with E-state index in [1.807, 2.05) is 0 Å². The molecule has 0 rings (SSSR count). The lowest BCUT2D eigenvalue weighted by Gasteiger charge is -2.18. The second-order valence-electron chi connectivity index (χ2n) is 23.4. The van der Waals surface area contributed by atoms with Crippen molar-refractivity contribution in [1.82, 2.24) is 0 Å². The maximum atomic E-state index is 12.9. The third-order valence-electron chi connectivity index (χ3n) is 15.6. The fourth-order valence-electron chi connectivity index (χ4n) is 10.4. The Kier molecular flexibility index (Phi) is 64.6. The summed E-state index contributed by atoms with van der Waals surface area (Å²) in [5.74, 6) is -0.835. The van der Waals surface area contributed by atoms with Crippen molar-refractivity contribution >= 4 is 17.9 Å². The Labute approximate surface area is 486 Å². The summed E-state index contributed by atoms with van der Waals surface area (Å²) in [6, 6.07) is 0. The molecule has 0 N–H and O–H groups in total. The van der Waals surface area contributed by atoms with Crippen LogP contribution in [-0.2, 0) is 28.6 Å². The molecule has 1 unspecified atom stereocenters. The van der Waals surface area contributed by atoms with Crippen LogP contribution < -0.4 is 0 Å². The Morgan fingerprint density at radius 3 is 0.782 bits per heavy atom. The standard InChI is InChI=1S/C72H132O6/c1-4-7-10-13-16-19-22-25-28-29-30-31-32-33-34-35-36-37-38-39-40-41-42-43-45-47-50-53-56-59-62-65-71(74)77-68-69(67-76-70(73)64-61-58-55-52-49-46-27-24-21-18-15-12-9-6-3)78-72(75)66-63-60-57-54-51-48-44-26-23-20-17-14-11-8-5-2/h7,10,16,19,25,28,30-31,69H,4-6,8-9,11-15,17-18,20-24,26-27,29,32-68H2,1-3H3/b10-7-,19-16-,28-25-,31-30-. The number of hydrogen-bond acceptors (Lipinski definition) is 6. The molecule has 0 aromatic heterocycles. The highest BCUT2D eigenvalue weighted by molar-refractivity contribution is 5.71. The Hall–Kier alpha value is -2.63. The van der Waals surface area contributed by atoms with Gasteiger partial charge >= 0.3 is 17.9 Å². The smallest absolute Gasteiger partial charge is 0.306 e. The number of rotatable bonds is 64. The predicted molar refractivity (Wildman–Crippen MR) is 339 cm³/mol. The maximum Gasteiger partial charge on any atom is 0.306 e. The molecule has 6 nitrogen and oxygen atoms in total. The van der Waals surface area contributed by atoms with Crippen LogP contribution in [0, 0.1) is 0 Å². The Morgan fingerprint density at radius 1 is 0.269 bits per heavy atom. The first-order chi connectivity index (χ1) is 38.5. The highest BCUT2D eigenvalue weighted by atomic mass is 16.6. The van der Waals surface area contributed by atoms with Crippen molar-refractivity contribution in [3.8, 4) is 0 Å². The zero-order chi connectivity index (χ0) is 56.4. The van der Waals surface area contributed by atoms with E-state index in [2.05, 4.69) is 69.4 Å². The van der Waals surface area contributed by atoms with Crippen LogP contribution in [0.25, 0.3) is 0 Å². The summed E-state index contributed by atoms with van der Waals surface area (Å²) in [5, 5.41) is 0. The Morgan fingerprint density at radius 2 is 0.500 bits per heavy atom. The first-order valence-electron chi connectivity index (χ1n) is 34.6. The fourth-order valence-corrected chi connectivity index (χ4v) is 10.4. The molecule has 6 heteroatoms. The molecular weight excluding hydrogens is 961 g/mol. The molecule has 456 valence electrons. The van der Waals surface area contributed by atoms with Gasteiger partial charge in [-0.2, -0.15) is 0 Å². The molecule has 0 bridgehead atoms. The lowest BCUT2D eigenvalue weighted by Crippen LogP contribution is -2.30. The normalized spacial score (nSPS) is 12.3. The van der Waals surface area contributed by atoms with E-state index in [1.165, 1.54) is 250 Å². The van der Waals surface area contributed by atoms with Crippen molar-refractivity contribution in [1.29, 1.82) is 0 Å². The highest BCUT2D eigenvalue weighted by Crippen LogP contribution is 2.18. The second-order valence-corrected chi connectivity index (χ2v) is 23.4. The van der Waals surface area contributed by atoms with Gasteiger partial charge in [-0.15, -0.1) is 0 Å². The summed E-state index contributed by atoms with van der Waals surface area (Å²) in [6.45, 7) is 6.60. The van der Waals surface area contributed by atoms with Gasteiger partial charge in [0.1, 0.15) is 13.2 Å². The average Bonchev–Trinajstić information content (AvgIpc) is 3.44. The van der Waals surface area contributed by atoms with Crippen LogP contribution in [-0.4, -0.2) is 37.2 Å². The summed E-state index contributed by atoms with van der Waals surface area (Å²) < 4.78 is 17.0. The number of carbonyl (C=O) groups is 3. The van der Waals surface area contributed by atoms with Gasteiger partial charge in [0.15, 0.2) is 6.10 Å². The van der Waals surface area contributed by atoms with Gasteiger partial charge in [-0.25, -0.2) is 0 Å². The minimum Gasteiger partial charge on any atom is -0.462 e. The predicted octanol–water partition coefficient (Wildman–Crippen LogP) is 23.7. The number of ether oxygens (including phenoxy) is 3. The van der Waals surface area contributed by atoms with Crippen molar-refractivity contribution < 1.29 is 28.6 Å². The van der Waals surface area contributed by atoms with E-state index < -0.39 is 6.10 Å². The van der Waals surface area contributed by atoms with Gasteiger partial charge in [-0.05, 0) is 57.8 Å². The van der Waals surface area contributed by atoms with Gasteiger partial charge < -0.3 is 14.2 Å². The molecule has 0 saturated carbocycles. The summed E-state index contributed by atoms with van der Waals surface area (Å²) in [7, 11) is 0. The van der Waals surface area contributed by atoms with Crippen molar-refractivity contribution in [3.63, 3.8) is 0 Å². The van der Waals surface area contributed by atoms with E-state index in [4.69, 9.17) is 14.2 Å². The molecule has 78 heavy (non-hydrogen) atoms. The van der Waals surface area contributed by atoms with Crippen LogP contribution in [0.4, 0.5) is 0 Å². The van der Waals surface area contributed by atoms with E-state index in [0.29, 0.717) is 19.3 Å². The largest absolute Gasteiger partial charge is 0.462 e. The van der Waals surface area contributed by atoms with E-state index >= 15 is 0 Å². The fraction of sp³-hybridized carbons (Fsp3) is 0.847. The number of unbranched alkanes of at least 4 members (excludes halogenated alkanes) is 45. The van der Waals surface area contributed by atoms with Gasteiger partial charge in [-0.3, -0.25) is 14.4 Å². The monoisotopic (exact) mass is 1090 g/mol. The van der Waals surface area contributed by atoms with Crippen LogP contribution in [0.5, 0.6) is 0 Å². The van der Waals surface area contributed by atoms with Gasteiger partial charge in [-0.1, -0.05) is 345 Å². The third kappa shape index (κ3) is 64.2. The molecule has 0 aliphatic carbocycles. The van der Waals surface area contributed by atoms with Crippen molar-refractivity contribution in [2.75, 3.05) is 13.2 Å². The topological polar surface area (TPSA) is 78.9 Å². The number of carbonyl (C=O) groups excluding carboxylic acids is 3. The first-order valence-corrected chi connectivity index (χ1v) is 34.6. The molecule has 1 atom stereocenters. The minimum absolute atomic E-state index is 0.0649. The van der Waals surface area contributed by atoms with Crippen LogP contribution in [0.3, 0.4) is 0 Å². The van der Waals surface area contributed by atoms with Crippen molar-refractivity contribution in [3.05, 3.63) is 48.6 Å². The number of hydrogen-bond donors (Lipinski definition) is 0. The van der Waals surface area contributed by atoms with Gasteiger partial charge in [0.2, 0.25) is 0 Å². The molecule has 0 radical (unpaired) electrons. The van der Waals surface area contributed by atoms with Crippen LogP contribution in [0.1, 0.15) is 374 Å². The summed E-state index contributed by atoms with van der Waals surface area (Å²) in [4.78, 5) is 38.3. The minimum atomic E-state index is -0.767. The van der Waals surface area contributed by atoms with Crippen LogP contribution in [0.15, 0.2) is 48.6 Å². The van der Waals surface area contributed by atoms with E-state index in [-0.39, 0.29) is 31.1 Å². The molecule has 0 heterocycles. The zero-order valence-electron chi connectivity index (χ0n) is 52.5. The van der Waals surface area contributed by atoms with E-state index in [1.54, 1.807) is 0 Å². The van der Waals surface area contributed by atoms with Crippen molar-refractivity contribution in [2.45, 2.75) is 380 Å². The molecule has 0 aromatic carbocycles. The van der Waals surface area contributed by atoms with Gasteiger partial charge in [0.05, 0.1) is 0 Å². The average molecular weight is 1090 g/mol. The number of allylic oxidation sites excluding steroid dienone is 8. The Balaban J connectivity index is 4.14. The number of esters is 3. The molecule has 0 aliphatic rings. The summed E-state index contributed by atoms with van der Waals surface area (Å²) in [6.07, 6.45) is 84.3. The molecule has 0 amide bonds. The Bertz CT molecular complexity index is 1350. The second kappa shape index (κ2) is 66.9.